The van der Waals surface area contributed by atoms with E-state index in [9.17, 15) is 0 Å². The molecule has 0 spiro atoms. The molecule has 0 saturated carbocycles. The molecule has 1 heterocycles. The molecule has 82 valence electrons. The number of halogens is 2. The Labute approximate surface area is 104 Å². The molecule has 0 amide bonds. The van der Waals surface area contributed by atoms with Crippen molar-refractivity contribution in [3.05, 3.63) is 34.4 Å². The van der Waals surface area contributed by atoms with E-state index < -0.39 is 0 Å². The Balaban J connectivity index is 2.94. The molecule has 0 aliphatic heterocycles. The highest BCUT2D eigenvalue weighted by Crippen LogP contribution is 2.26. The molecule has 0 fully saturated rings. The summed E-state index contributed by atoms with van der Waals surface area (Å²) >= 11 is 9.31. The zero-order valence-electron chi connectivity index (χ0n) is 8.71. The van der Waals surface area contributed by atoms with E-state index in [1.54, 1.807) is 6.20 Å². The summed E-state index contributed by atoms with van der Waals surface area (Å²) in [6.45, 7) is 7.63. The average Bonchev–Trinajstić information content (AvgIpc) is 2.17. The predicted molar refractivity (Wildman–Crippen MR) is 69.6 cm³/mol. The van der Waals surface area contributed by atoms with Crippen molar-refractivity contribution < 1.29 is 0 Å². The number of nitrogens with zero attached hydrogens (tertiary/aromatic N) is 2. The number of anilines is 1. The lowest BCUT2D eigenvalue weighted by molar-refractivity contribution is 0.800. The second-order valence-corrected chi connectivity index (χ2v) is 4.48. The normalized spacial score (nSPS) is 10.1. The van der Waals surface area contributed by atoms with Gasteiger partial charge in [0, 0.05) is 19.3 Å². The first-order chi connectivity index (χ1) is 7.19. The zero-order valence-corrected chi connectivity index (χ0v) is 11.1. The average molecular weight is 290 g/mol. The molecule has 0 atom stereocenters. The van der Waals surface area contributed by atoms with Gasteiger partial charge in [0.15, 0.2) is 0 Å². The predicted octanol–water partition coefficient (Wildman–Crippen LogP) is 3.90. The van der Waals surface area contributed by atoms with Gasteiger partial charge in [0.1, 0.15) is 5.82 Å². The van der Waals surface area contributed by atoms with E-state index >= 15 is 0 Å². The first kappa shape index (κ1) is 12.5. The Kier molecular flexibility index (Phi) is 5.12. The minimum atomic E-state index is 0.640. The van der Waals surface area contributed by atoms with Crippen LogP contribution in [0.4, 0.5) is 5.82 Å². The van der Waals surface area contributed by atoms with Crippen molar-refractivity contribution in [2.24, 2.45) is 0 Å². The van der Waals surface area contributed by atoms with Crippen molar-refractivity contribution in [1.82, 2.24) is 4.98 Å². The Hall–Kier alpha value is -0.540. The maximum absolute atomic E-state index is 5.84. The number of pyridine rings is 1. The third-order valence-corrected chi connectivity index (χ3v) is 2.72. The van der Waals surface area contributed by atoms with Crippen LogP contribution >= 0.6 is 27.5 Å². The van der Waals surface area contributed by atoms with Crippen molar-refractivity contribution in [3.63, 3.8) is 0 Å². The molecule has 0 saturated heterocycles. The smallest absolute Gasteiger partial charge is 0.143 e. The first-order valence-electron chi connectivity index (χ1n) is 4.86. The third kappa shape index (κ3) is 3.50. The van der Waals surface area contributed by atoms with Crippen LogP contribution in [0, 0.1) is 0 Å². The van der Waals surface area contributed by atoms with Gasteiger partial charge in [-0.25, -0.2) is 4.98 Å². The number of aromatic nitrogens is 1. The molecule has 1 aromatic rings. The minimum absolute atomic E-state index is 0.640. The molecule has 15 heavy (non-hydrogen) atoms. The molecule has 0 aliphatic rings. The van der Waals surface area contributed by atoms with Crippen LogP contribution in [0.3, 0.4) is 0 Å². The largest absolute Gasteiger partial charge is 0.352 e. The van der Waals surface area contributed by atoms with Crippen molar-refractivity contribution in [3.8, 4) is 0 Å². The van der Waals surface area contributed by atoms with Gasteiger partial charge in [0.2, 0.25) is 0 Å². The van der Waals surface area contributed by atoms with Crippen LogP contribution < -0.4 is 4.90 Å². The molecule has 1 rings (SSSR count). The number of rotatable bonds is 5. The molecule has 4 heteroatoms. The summed E-state index contributed by atoms with van der Waals surface area (Å²) < 4.78 is 0.922. The maximum atomic E-state index is 5.84. The van der Waals surface area contributed by atoms with Gasteiger partial charge in [0.25, 0.3) is 0 Å². The fraction of sp³-hybridized carbons (Fsp3) is 0.364. The monoisotopic (exact) mass is 288 g/mol. The Morgan fingerprint density at radius 3 is 2.93 bits per heavy atom. The van der Waals surface area contributed by atoms with Gasteiger partial charge in [0.05, 0.1) is 9.50 Å². The summed E-state index contributed by atoms with van der Waals surface area (Å²) in [7, 11) is 0. The molecule has 1 aromatic heterocycles. The van der Waals surface area contributed by atoms with Crippen LogP contribution in [0.25, 0.3) is 0 Å². The summed E-state index contributed by atoms with van der Waals surface area (Å²) in [6, 6.07) is 1.86. The number of hydrogen-bond donors (Lipinski definition) is 0. The fourth-order valence-electron chi connectivity index (χ4n) is 1.35. The Bertz CT molecular complexity index is 341. The summed E-state index contributed by atoms with van der Waals surface area (Å²) in [5.74, 6) is 0.918. The second-order valence-electron chi connectivity index (χ2n) is 3.19. The molecule has 0 aromatic carbocycles. The molecule has 0 radical (unpaired) electrons. The van der Waals surface area contributed by atoms with Gasteiger partial charge in [-0.15, -0.1) is 6.58 Å². The van der Waals surface area contributed by atoms with Crippen LogP contribution in [0.5, 0.6) is 0 Å². The van der Waals surface area contributed by atoms with Crippen molar-refractivity contribution in [1.29, 1.82) is 0 Å². The Morgan fingerprint density at radius 1 is 1.67 bits per heavy atom. The summed E-state index contributed by atoms with van der Waals surface area (Å²) in [6.07, 6.45) is 4.61. The van der Waals surface area contributed by atoms with Gasteiger partial charge in [-0.3, -0.25) is 0 Å². The first-order valence-corrected chi connectivity index (χ1v) is 6.03. The van der Waals surface area contributed by atoms with Crippen LogP contribution in [0.2, 0.25) is 5.02 Å². The van der Waals surface area contributed by atoms with Gasteiger partial charge in [-0.2, -0.15) is 0 Å². The summed E-state index contributed by atoms with van der Waals surface area (Å²) in [4.78, 5) is 6.47. The maximum Gasteiger partial charge on any atom is 0.143 e. The quantitative estimate of drug-likeness (QED) is 0.764. The molecular formula is C11H14BrClN2. The lowest BCUT2D eigenvalue weighted by atomic mass is 10.3. The topological polar surface area (TPSA) is 16.1 Å². The zero-order chi connectivity index (χ0) is 11.3. The second kappa shape index (κ2) is 6.13. The van der Waals surface area contributed by atoms with Crippen LogP contribution in [-0.4, -0.2) is 18.1 Å². The molecule has 0 bridgehead atoms. The van der Waals surface area contributed by atoms with Crippen LogP contribution in [-0.2, 0) is 0 Å². The van der Waals surface area contributed by atoms with Crippen molar-refractivity contribution in [2.75, 3.05) is 18.0 Å². The third-order valence-electron chi connectivity index (χ3n) is 1.93. The summed E-state index contributed by atoms with van der Waals surface area (Å²) in [5, 5.41) is 0.640. The van der Waals surface area contributed by atoms with Gasteiger partial charge >= 0.3 is 0 Å². The van der Waals surface area contributed by atoms with Gasteiger partial charge < -0.3 is 4.90 Å². The highest BCUT2D eigenvalue weighted by Gasteiger charge is 2.09. The van der Waals surface area contributed by atoms with Crippen LogP contribution in [0.15, 0.2) is 29.4 Å². The molecular weight excluding hydrogens is 275 g/mol. The lowest BCUT2D eigenvalue weighted by Gasteiger charge is -2.22. The van der Waals surface area contributed by atoms with E-state index in [-0.39, 0.29) is 0 Å². The van der Waals surface area contributed by atoms with E-state index in [0.717, 1.165) is 29.8 Å². The lowest BCUT2D eigenvalue weighted by Crippen LogP contribution is -2.25. The molecule has 2 nitrogen and oxygen atoms in total. The minimum Gasteiger partial charge on any atom is -0.352 e. The highest BCUT2D eigenvalue weighted by atomic mass is 79.9. The van der Waals surface area contributed by atoms with E-state index in [4.69, 9.17) is 11.6 Å². The SMILES string of the molecule is C=CCN(CCC)c1ncc(Cl)cc1Br. The molecule has 0 unspecified atom stereocenters. The van der Waals surface area contributed by atoms with E-state index in [1.807, 2.05) is 12.1 Å². The fourth-order valence-corrected chi connectivity index (χ4v) is 2.24. The van der Waals surface area contributed by atoms with Crippen molar-refractivity contribution >= 4 is 33.3 Å². The van der Waals surface area contributed by atoms with E-state index in [0.29, 0.717) is 5.02 Å². The molecule has 0 aliphatic carbocycles. The molecule has 0 N–H and O–H groups in total. The standard InChI is InChI=1S/C11H14BrClN2/c1-3-5-15(6-4-2)11-10(12)7-9(13)8-14-11/h3,7-8H,1,4-6H2,2H3. The van der Waals surface area contributed by atoms with Crippen LogP contribution in [0.1, 0.15) is 13.3 Å². The Morgan fingerprint density at radius 2 is 2.40 bits per heavy atom. The summed E-state index contributed by atoms with van der Waals surface area (Å²) in [5.41, 5.74) is 0. The van der Waals surface area contributed by atoms with E-state index in [2.05, 4.69) is 39.3 Å². The van der Waals surface area contributed by atoms with Gasteiger partial charge in [-0.05, 0) is 28.4 Å². The van der Waals surface area contributed by atoms with Gasteiger partial charge in [-0.1, -0.05) is 24.6 Å². The van der Waals surface area contributed by atoms with Crippen molar-refractivity contribution in [2.45, 2.75) is 13.3 Å². The van der Waals surface area contributed by atoms with E-state index in [1.165, 1.54) is 0 Å². The highest BCUT2D eigenvalue weighted by molar-refractivity contribution is 9.10. The number of hydrogen-bond acceptors (Lipinski definition) is 2.